The number of aromatic amines is 1. The van der Waals surface area contributed by atoms with Crippen LogP contribution in [0.4, 0.5) is 5.69 Å². The van der Waals surface area contributed by atoms with E-state index < -0.39 is 0 Å². The number of hydrogen-bond donors (Lipinski definition) is 3. The number of rotatable bonds is 7. The lowest BCUT2D eigenvalue weighted by molar-refractivity contribution is -0.110. The van der Waals surface area contributed by atoms with E-state index in [0.29, 0.717) is 46.2 Å². The minimum Gasteiger partial charge on any atom is -0.358 e. The number of benzene rings is 2. The number of carbonyl (C=O) groups is 3. The number of aromatic nitrogens is 1. The van der Waals surface area contributed by atoms with Crippen molar-refractivity contribution in [3.8, 4) is 0 Å². The van der Waals surface area contributed by atoms with Crippen molar-refractivity contribution in [1.29, 1.82) is 0 Å². The van der Waals surface area contributed by atoms with E-state index in [2.05, 4.69) is 20.5 Å². The lowest BCUT2D eigenvalue weighted by Gasteiger charge is -2.20. The molecular weight excluding hydrogens is 502 g/mol. The maximum absolute atomic E-state index is 13.4. The molecule has 3 heterocycles. The highest BCUT2D eigenvalue weighted by Gasteiger charge is 2.31. The number of carbonyl (C=O) groups excluding carboxylic acids is 3. The van der Waals surface area contributed by atoms with Gasteiger partial charge in [0.15, 0.2) is 0 Å². The number of amides is 3. The van der Waals surface area contributed by atoms with Crippen molar-refractivity contribution < 1.29 is 14.4 Å². The highest BCUT2D eigenvalue weighted by molar-refractivity contribution is 6.35. The van der Waals surface area contributed by atoms with Gasteiger partial charge in [-0.05, 0) is 76.2 Å². The zero-order valence-electron chi connectivity index (χ0n) is 23.8. The minimum absolute atomic E-state index is 0.0133. The third-order valence-electron chi connectivity index (χ3n) is 8.14. The van der Waals surface area contributed by atoms with Gasteiger partial charge >= 0.3 is 0 Å². The van der Waals surface area contributed by atoms with Gasteiger partial charge in [0, 0.05) is 47.3 Å². The highest BCUT2D eigenvalue weighted by atomic mass is 16.2. The number of nitrogens with zero attached hydrogens (tertiary/aromatic N) is 2. The first-order valence-corrected chi connectivity index (χ1v) is 13.9. The molecule has 0 aliphatic carbocycles. The number of nitrogens with one attached hydrogen (secondary N) is 3. The van der Waals surface area contributed by atoms with E-state index in [-0.39, 0.29) is 23.8 Å². The fourth-order valence-corrected chi connectivity index (χ4v) is 5.71. The molecule has 2 atom stereocenters. The number of aryl methyl sites for hydroxylation is 1. The fourth-order valence-electron chi connectivity index (χ4n) is 5.71. The molecule has 1 aromatic heterocycles. The Balaban J connectivity index is 1.41. The summed E-state index contributed by atoms with van der Waals surface area (Å²) in [4.78, 5) is 47.1. The van der Waals surface area contributed by atoms with Gasteiger partial charge in [-0.3, -0.25) is 14.4 Å². The van der Waals surface area contributed by atoms with Gasteiger partial charge in [0.25, 0.3) is 17.7 Å². The van der Waals surface area contributed by atoms with E-state index in [1.54, 1.807) is 24.3 Å². The Hall–Kier alpha value is -4.17. The van der Waals surface area contributed by atoms with Crippen LogP contribution in [0.1, 0.15) is 74.6 Å². The van der Waals surface area contributed by atoms with Gasteiger partial charge < -0.3 is 25.4 Å². The molecule has 3 N–H and O–H groups in total. The molecule has 1 saturated heterocycles. The topological polar surface area (TPSA) is 97.5 Å². The van der Waals surface area contributed by atoms with Crippen LogP contribution in [0, 0.1) is 13.8 Å². The Kier molecular flexibility index (Phi) is 7.63. The molecule has 0 radical (unpaired) electrons. The van der Waals surface area contributed by atoms with E-state index in [9.17, 15) is 14.4 Å². The van der Waals surface area contributed by atoms with Gasteiger partial charge in [-0.1, -0.05) is 37.3 Å². The van der Waals surface area contributed by atoms with Crippen LogP contribution in [0.2, 0.25) is 0 Å². The predicted molar refractivity (Wildman–Crippen MR) is 158 cm³/mol. The maximum Gasteiger partial charge on any atom is 0.256 e. The van der Waals surface area contributed by atoms with E-state index in [0.717, 1.165) is 36.2 Å². The second-order valence-electron chi connectivity index (χ2n) is 10.9. The summed E-state index contributed by atoms with van der Waals surface area (Å²) in [6.07, 6.45) is 3.49. The van der Waals surface area contributed by atoms with Crippen molar-refractivity contribution >= 4 is 35.1 Å². The molecule has 8 nitrogen and oxygen atoms in total. The lowest BCUT2D eigenvalue weighted by atomic mass is 10.0. The number of hydrogen-bond acceptors (Lipinski definition) is 4. The first kappa shape index (κ1) is 27.4. The van der Waals surface area contributed by atoms with Crippen LogP contribution >= 0.6 is 0 Å². The summed E-state index contributed by atoms with van der Waals surface area (Å²) in [5.41, 5.74) is 6.27. The summed E-state index contributed by atoms with van der Waals surface area (Å²) in [5, 5.41) is 6.02. The average Bonchev–Trinajstić information content (AvgIpc) is 3.63. The highest BCUT2D eigenvalue weighted by Crippen LogP contribution is 2.35. The van der Waals surface area contributed by atoms with Gasteiger partial charge in [-0.25, -0.2) is 0 Å². The van der Waals surface area contributed by atoms with Gasteiger partial charge in [-0.2, -0.15) is 0 Å². The normalized spacial score (nSPS) is 18.2. The number of anilines is 1. The molecule has 2 aromatic carbocycles. The molecule has 1 fully saturated rings. The quantitative estimate of drug-likeness (QED) is 0.377. The largest absolute Gasteiger partial charge is 0.358 e. The van der Waals surface area contributed by atoms with Gasteiger partial charge in [0.1, 0.15) is 0 Å². The molecule has 2 aliphatic heterocycles. The molecule has 0 unspecified atom stereocenters. The molecule has 40 heavy (non-hydrogen) atoms. The molecule has 0 bridgehead atoms. The Bertz CT molecular complexity index is 1490. The Morgan fingerprint density at radius 2 is 1.90 bits per heavy atom. The van der Waals surface area contributed by atoms with E-state index in [4.69, 9.17) is 0 Å². The van der Waals surface area contributed by atoms with Crippen LogP contribution in [0.3, 0.4) is 0 Å². The van der Waals surface area contributed by atoms with Crippen molar-refractivity contribution in [3.05, 3.63) is 87.7 Å². The zero-order valence-corrected chi connectivity index (χ0v) is 23.8. The molecule has 2 aliphatic rings. The summed E-state index contributed by atoms with van der Waals surface area (Å²) in [6.45, 7) is 7.27. The Morgan fingerprint density at radius 1 is 1.15 bits per heavy atom. The number of likely N-dealkylation sites (N-methyl/N-ethyl adjacent to an activating group) is 1. The molecule has 3 amide bonds. The first-order valence-electron chi connectivity index (χ1n) is 13.9. The Morgan fingerprint density at radius 3 is 2.58 bits per heavy atom. The smallest absolute Gasteiger partial charge is 0.256 e. The maximum atomic E-state index is 13.4. The van der Waals surface area contributed by atoms with Crippen LogP contribution in [-0.2, 0) is 4.79 Å². The number of likely N-dealkylation sites (tertiary alicyclic amines) is 1. The summed E-state index contributed by atoms with van der Waals surface area (Å²) in [7, 11) is 4.08. The predicted octanol–water partition coefficient (Wildman–Crippen LogP) is 4.78. The molecular formula is C32H37N5O3. The molecule has 3 aromatic rings. The third-order valence-corrected chi connectivity index (χ3v) is 8.14. The summed E-state index contributed by atoms with van der Waals surface area (Å²) in [6, 6.07) is 15.4. The first-order chi connectivity index (χ1) is 19.2. The number of H-pyrrole nitrogens is 1. The van der Waals surface area contributed by atoms with Gasteiger partial charge in [0.05, 0.1) is 17.2 Å². The van der Waals surface area contributed by atoms with Crippen molar-refractivity contribution in [3.63, 3.8) is 0 Å². The van der Waals surface area contributed by atoms with Crippen molar-refractivity contribution in [2.75, 3.05) is 32.5 Å². The van der Waals surface area contributed by atoms with Crippen LogP contribution in [0.25, 0.3) is 11.6 Å². The monoisotopic (exact) mass is 539 g/mol. The van der Waals surface area contributed by atoms with Crippen LogP contribution in [0.5, 0.6) is 0 Å². The zero-order chi connectivity index (χ0) is 28.6. The molecule has 0 saturated carbocycles. The molecule has 208 valence electrons. The summed E-state index contributed by atoms with van der Waals surface area (Å²) < 4.78 is 0. The minimum atomic E-state index is -0.240. The van der Waals surface area contributed by atoms with Crippen LogP contribution in [-0.4, -0.2) is 65.7 Å². The SMILES string of the molecule is CC[C@@H](NC(=O)c1ccc2c(c1)C(=Cc1[nH]c(C)c(C(=O)N3CC[C@H](N(C)C)C3)c1C)C(=O)N2)c1ccccc1. The third kappa shape index (κ3) is 5.19. The van der Waals surface area contributed by atoms with E-state index >= 15 is 0 Å². The molecule has 5 rings (SSSR count). The van der Waals surface area contributed by atoms with Gasteiger partial charge in [0.2, 0.25) is 0 Å². The average molecular weight is 540 g/mol. The summed E-state index contributed by atoms with van der Waals surface area (Å²) >= 11 is 0. The Labute approximate surface area is 235 Å². The second-order valence-corrected chi connectivity index (χ2v) is 10.9. The van der Waals surface area contributed by atoms with E-state index in [1.165, 1.54) is 0 Å². The molecule has 8 heteroatoms. The van der Waals surface area contributed by atoms with Gasteiger partial charge in [-0.15, -0.1) is 0 Å². The lowest BCUT2D eigenvalue weighted by Crippen LogP contribution is -2.34. The van der Waals surface area contributed by atoms with Crippen molar-refractivity contribution in [1.82, 2.24) is 20.1 Å². The van der Waals surface area contributed by atoms with E-state index in [1.807, 2.05) is 70.1 Å². The molecule has 0 spiro atoms. The van der Waals surface area contributed by atoms with Crippen LogP contribution in [0.15, 0.2) is 48.5 Å². The van der Waals surface area contributed by atoms with Crippen molar-refractivity contribution in [2.45, 2.75) is 45.7 Å². The van der Waals surface area contributed by atoms with Crippen LogP contribution < -0.4 is 10.6 Å². The second kappa shape index (κ2) is 11.1. The van der Waals surface area contributed by atoms with Crippen molar-refractivity contribution in [2.24, 2.45) is 0 Å². The fraction of sp³-hybridized carbons (Fsp3) is 0.344. The number of fused-ring (bicyclic) bond motifs is 1. The summed E-state index contributed by atoms with van der Waals surface area (Å²) in [5.74, 6) is -0.422. The standard InChI is InChI=1S/C32H37N5O3/c1-6-26(21-10-8-7-9-11-21)34-30(38)22-12-13-27-24(16-22)25(31(39)35-27)17-28-19(2)29(20(3)33-28)32(40)37-15-14-23(18-37)36(4)5/h7-13,16-17,23,26,33H,6,14-15,18H2,1-5H3,(H,34,38)(H,35,39)/t23-,26+/m0/s1.